The van der Waals surface area contributed by atoms with Gasteiger partial charge in [-0.3, -0.25) is 0 Å². The molecule has 0 spiro atoms. The van der Waals surface area contributed by atoms with Gasteiger partial charge >= 0.3 is 6.18 Å². The van der Waals surface area contributed by atoms with E-state index in [1.165, 1.54) is 12.1 Å². The Morgan fingerprint density at radius 1 is 1.22 bits per heavy atom. The highest BCUT2D eigenvalue weighted by Gasteiger charge is 2.33. The van der Waals surface area contributed by atoms with Crippen LogP contribution in [-0.4, -0.2) is 12.5 Å². The van der Waals surface area contributed by atoms with Gasteiger partial charge in [0, 0.05) is 0 Å². The van der Waals surface area contributed by atoms with E-state index in [1.54, 1.807) is 12.1 Å². The molecule has 1 aromatic carbocycles. The first kappa shape index (κ1) is 13.8. The largest absolute Gasteiger partial charge is 0.459 e. The average molecular weight is 258 g/mol. The standard InChI is InChI=1S/C11H6F4N2O/c12-10(4-11(13,14)15)18-9-3-1-2-7(5-16)8(9)6-17/h1-3,10H,4H2. The summed E-state index contributed by atoms with van der Waals surface area (Å²) in [6.45, 7) is 0. The minimum absolute atomic E-state index is 0.0887. The molecule has 0 heterocycles. The number of hydrogen-bond acceptors (Lipinski definition) is 3. The molecule has 0 bridgehead atoms. The fourth-order valence-corrected chi connectivity index (χ4v) is 1.20. The molecule has 0 aliphatic rings. The first-order valence-corrected chi connectivity index (χ1v) is 4.68. The van der Waals surface area contributed by atoms with E-state index < -0.39 is 19.0 Å². The fraction of sp³-hybridized carbons (Fsp3) is 0.273. The van der Waals surface area contributed by atoms with Crippen molar-refractivity contribution in [2.45, 2.75) is 19.0 Å². The van der Waals surface area contributed by atoms with Gasteiger partial charge in [0.1, 0.15) is 29.9 Å². The Bertz CT molecular complexity index is 513. The fourth-order valence-electron chi connectivity index (χ4n) is 1.20. The van der Waals surface area contributed by atoms with Crippen LogP contribution in [0.2, 0.25) is 0 Å². The molecule has 0 aliphatic carbocycles. The molecule has 0 aliphatic heterocycles. The van der Waals surface area contributed by atoms with E-state index in [9.17, 15) is 17.6 Å². The van der Waals surface area contributed by atoms with Crippen LogP contribution >= 0.6 is 0 Å². The number of alkyl halides is 4. The topological polar surface area (TPSA) is 56.8 Å². The van der Waals surface area contributed by atoms with Crippen molar-refractivity contribution in [3.8, 4) is 17.9 Å². The molecular formula is C11H6F4N2O. The maximum absolute atomic E-state index is 13.0. The lowest BCUT2D eigenvalue weighted by atomic mass is 10.1. The summed E-state index contributed by atoms with van der Waals surface area (Å²) in [5.41, 5.74) is -0.376. The molecule has 1 unspecified atom stereocenters. The van der Waals surface area contributed by atoms with Crippen molar-refractivity contribution in [2.24, 2.45) is 0 Å². The number of nitrogens with zero attached hydrogens (tertiary/aromatic N) is 2. The van der Waals surface area contributed by atoms with E-state index in [1.807, 2.05) is 0 Å². The molecule has 7 heteroatoms. The summed E-state index contributed by atoms with van der Waals surface area (Å²) >= 11 is 0. The van der Waals surface area contributed by atoms with Crippen LogP contribution < -0.4 is 4.74 Å². The van der Waals surface area contributed by atoms with Crippen molar-refractivity contribution in [3.63, 3.8) is 0 Å². The first-order valence-electron chi connectivity index (χ1n) is 4.68. The van der Waals surface area contributed by atoms with Crippen LogP contribution in [-0.2, 0) is 0 Å². The second-order valence-corrected chi connectivity index (χ2v) is 3.25. The second-order valence-electron chi connectivity index (χ2n) is 3.25. The molecule has 1 aromatic rings. The second kappa shape index (κ2) is 5.37. The smallest absolute Gasteiger partial charge is 0.395 e. The number of ether oxygens (including phenoxy) is 1. The Balaban J connectivity index is 2.93. The minimum Gasteiger partial charge on any atom is -0.459 e. The zero-order valence-corrected chi connectivity index (χ0v) is 8.83. The molecule has 0 radical (unpaired) electrons. The molecule has 94 valence electrons. The molecule has 0 fully saturated rings. The summed E-state index contributed by atoms with van der Waals surface area (Å²) < 4.78 is 53.1. The predicted molar refractivity (Wildman–Crippen MR) is 52.1 cm³/mol. The van der Waals surface area contributed by atoms with Gasteiger partial charge in [-0.05, 0) is 12.1 Å². The number of benzene rings is 1. The van der Waals surface area contributed by atoms with E-state index in [4.69, 9.17) is 10.5 Å². The van der Waals surface area contributed by atoms with E-state index in [2.05, 4.69) is 4.74 Å². The van der Waals surface area contributed by atoms with Gasteiger partial charge in [0.25, 0.3) is 0 Å². The van der Waals surface area contributed by atoms with Crippen LogP contribution in [0, 0.1) is 22.7 Å². The van der Waals surface area contributed by atoms with Gasteiger partial charge in [-0.15, -0.1) is 0 Å². The Morgan fingerprint density at radius 3 is 2.39 bits per heavy atom. The van der Waals surface area contributed by atoms with Crippen LogP contribution in [0.3, 0.4) is 0 Å². The Labute approximate surface area is 99.8 Å². The lowest BCUT2D eigenvalue weighted by Crippen LogP contribution is -2.21. The zero-order valence-electron chi connectivity index (χ0n) is 8.83. The maximum Gasteiger partial charge on any atom is 0.395 e. The van der Waals surface area contributed by atoms with E-state index in [-0.39, 0.29) is 16.9 Å². The molecule has 0 aromatic heterocycles. The molecule has 1 atom stereocenters. The SMILES string of the molecule is N#Cc1cccc(OC(F)CC(F)(F)F)c1C#N. The third-order valence-electron chi connectivity index (χ3n) is 1.91. The highest BCUT2D eigenvalue weighted by atomic mass is 19.4. The predicted octanol–water partition coefficient (Wildman–Crippen LogP) is 3.06. The third-order valence-corrected chi connectivity index (χ3v) is 1.91. The molecule has 0 amide bonds. The zero-order chi connectivity index (χ0) is 13.8. The van der Waals surface area contributed by atoms with Crippen LogP contribution in [0.1, 0.15) is 17.5 Å². The van der Waals surface area contributed by atoms with Gasteiger partial charge in [0.2, 0.25) is 6.36 Å². The Hall–Kier alpha value is -2.28. The van der Waals surface area contributed by atoms with Gasteiger partial charge in [-0.2, -0.15) is 23.7 Å². The summed E-state index contributed by atoms with van der Waals surface area (Å²) in [5, 5.41) is 17.4. The van der Waals surface area contributed by atoms with E-state index in [0.717, 1.165) is 6.07 Å². The molecule has 0 saturated carbocycles. The van der Waals surface area contributed by atoms with Gasteiger partial charge in [-0.1, -0.05) is 6.07 Å². The number of hydrogen-bond donors (Lipinski definition) is 0. The quantitative estimate of drug-likeness (QED) is 0.783. The third kappa shape index (κ3) is 3.63. The maximum atomic E-state index is 13.0. The molecule has 3 nitrogen and oxygen atoms in total. The molecule has 1 rings (SSSR count). The summed E-state index contributed by atoms with van der Waals surface area (Å²) in [7, 11) is 0. The van der Waals surface area contributed by atoms with Crippen molar-refractivity contribution >= 4 is 0 Å². The normalized spacial score (nSPS) is 12.3. The lowest BCUT2D eigenvalue weighted by Gasteiger charge is -2.14. The first-order chi connectivity index (χ1) is 8.37. The van der Waals surface area contributed by atoms with E-state index >= 15 is 0 Å². The molecular weight excluding hydrogens is 252 g/mol. The minimum atomic E-state index is -4.71. The number of rotatable bonds is 3. The van der Waals surface area contributed by atoms with Crippen molar-refractivity contribution in [1.29, 1.82) is 10.5 Å². The van der Waals surface area contributed by atoms with Crippen molar-refractivity contribution in [1.82, 2.24) is 0 Å². The Morgan fingerprint density at radius 2 is 1.89 bits per heavy atom. The van der Waals surface area contributed by atoms with Crippen LogP contribution in [0.25, 0.3) is 0 Å². The van der Waals surface area contributed by atoms with Crippen molar-refractivity contribution in [2.75, 3.05) is 0 Å². The van der Waals surface area contributed by atoms with Crippen molar-refractivity contribution in [3.05, 3.63) is 29.3 Å². The summed E-state index contributed by atoms with van der Waals surface area (Å²) in [6.07, 6.45) is -9.11. The van der Waals surface area contributed by atoms with E-state index in [0.29, 0.717) is 0 Å². The average Bonchev–Trinajstić information content (AvgIpc) is 2.25. The van der Waals surface area contributed by atoms with Gasteiger partial charge in [0.05, 0.1) is 5.56 Å². The summed E-state index contributed by atoms with van der Waals surface area (Å²) in [5.74, 6) is -0.381. The summed E-state index contributed by atoms with van der Waals surface area (Å²) in [4.78, 5) is 0. The van der Waals surface area contributed by atoms with Crippen molar-refractivity contribution < 1.29 is 22.3 Å². The number of nitriles is 2. The lowest BCUT2D eigenvalue weighted by molar-refractivity contribution is -0.166. The Kier molecular flexibility index (Phi) is 4.11. The van der Waals surface area contributed by atoms with Gasteiger partial charge in [0.15, 0.2) is 0 Å². The highest BCUT2D eigenvalue weighted by molar-refractivity contribution is 5.53. The van der Waals surface area contributed by atoms with Crippen LogP contribution in [0.5, 0.6) is 5.75 Å². The van der Waals surface area contributed by atoms with Gasteiger partial charge in [-0.25, -0.2) is 4.39 Å². The summed E-state index contributed by atoms with van der Waals surface area (Å²) in [6, 6.07) is 6.94. The van der Waals surface area contributed by atoms with Crippen LogP contribution in [0.4, 0.5) is 17.6 Å². The molecule has 18 heavy (non-hydrogen) atoms. The van der Waals surface area contributed by atoms with Gasteiger partial charge < -0.3 is 4.74 Å². The number of halogens is 4. The molecule has 0 saturated heterocycles. The molecule has 0 N–H and O–H groups in total. The highest BCUT2D eigenvalue weighted by Crippen LogP contribution is 2.27. The monoisotopic (exact) mass is 258 g/mol. The van der Waals surface area contributed by atoms with Crippen LogP contribution in [0.15, 0.2) is 18.2 Å².